The summed E-state index contributed by atoms with van der Waals surface area (Å²) < 4.78 is 0. The molecule has 0 radical (unpaired) electrons. The summed E-state index contributed by atoms with van der Waals surface area (Å²) in [5, 5.41) is 9.42. The van der Waals surface area contributed by atoms with E-state index >= 15 is 0 Å². The van der Waals surface area contributed by atoms with Gasteiger partial charge in [0.15, 0.2) is 0 Å². The van der Waals surface area contributed by atoms with Gasteiger partial charge in [-0.3, -0.25) is 14.5 Å². The first-order chi connectivity index (χ1) is 10.1. The minimum atomic E-state index is -0.565. The maximum Gasteiger partial charge on any atom is 0.299 e. The van der Waals surface area contributed by atoms with E-state index in [1.54, 1.807) is 30.3 Å². The number of hydrogen-bond donors (Lipinski definition) is 1. The molecule has 0 bridgehead atoms. The van der Waals surface area contributed by atoms with Gasteiger partial charge in [0.25, 0.3) is 11.7 Å². The van der Waals surface area contributed by atoms with Crippen LogP contribution >= 0.6 is 11.6 Å². The van der Waals surface area contributed by atoms with Crippen molar-refractivity contribution in [3.05, 3.63) is 64.2 Å². The third-order valence-corrected chi connectivity index (χ3v) is 3.79. The Bertz CT molecular complexity index is 725. The molecule has 0 unspecified atom stereocenters. The number of ketones is 1. The average Bonchev–Trinajstić information content (AvgIpc) is 2.74. The van der Waals surface area contributed by atoms with Gasteiger partial charge in [0.05, 0.1) is 29.4 Å². The summed E-state index contributed by atoms with van der Waals surface area (Å²) in [6, 6.07) is 12.1. The maximum atomic E-state index is 12.1. The van der Waals surface area contributed by atoms with Crippen LogP contribution in [-0.4, -0.2) is 16.8 Å². The molecule has 0 atom stereocenters. The van der Waals surface area contributed by atoms with Crippen molar-refractivity contribution in [2.75, 3.05) is 4.90 Å². The number of aliphatic hydroxyl groups excluding tert-OH is 1. The number of para-hydroxylation sites is 1. The van der Waals surface area contributed by atoms with Gasteiger partial charge < -0.3 is 5.11 Å². The number of carbonyl (C=O) groups excluding carboxylic acids is 2. The second-order valence-corrected chi connectivity index (χ2v) is 5.24. The van der Waals surface area contributed by atoms with E-state index in [4.69, 9.17) is 16.7 Å². The number of benzene rings is 2. The lowest BCUT2D eigenvalue weighted by Crippen LogP contribution is -2.29. The molecule has 0 saturated heterocycles. The van der Waals surface area contributed by atoms with Crippen LogP contribution in [0.4, 0.5) is 5.69 Å². The predicted octanol–water partition coefficient (Wildman–Crippen LogP) is 2.56. The monoisotopic (exact) mass is 301 g/mol. The summed E-state index contributed by atoms with van der Waals surface area (Å²) >= 11 is 6.13. The maximum absolute atomic E-state index is 12.1. The molecule has 4 nitrogen and oxygen atoms in total. The van der Waals surface area contributed by atoms with Crippen molar-refractivity contribution in [2.24, 2.45) is 0 Å². The first-order valence-corrected chi connectivity index (χ1v) is 6.83. The summed E-state index contributed by atoms with van der Waals surface area (Å²) in [5.41, 5.74) is 2.47. The molecule has 3 rings (SSSR count). The Morgan fingerprint density at radius 3 is 2.33 bits per heavy atom. The second-order valence-electron chi connectivity index (χ2n) is 4.83. The molecular weight excluding hydrogens is 290 g/mol. The fourth-order valence-corrected chi connectivity index (χ4v) is 2.67. The highest BCUT2D eigenvalue weighted by atomic mass is 35.5. The fourth-order valence-electron chi connectivity index (χ4n) is 2.40. The highest BCUT2D eigenvalue weighted by molar-refractivity contribution is 6.54. The number of halogens is 1. The molecule has 106 valence electrons. The van der Waals surface area contributed by atoms with Gasteiger partial charge in [0, 0.05) is 0 Å². The van der Waals surface area contributed by atoms with E-state index in [1.807, 2.05) is 12.1 Å². The number of anilines is 1. The van der Waals surface area contributed by atoms with Crippen LogP contribution in [-0.2, 0) is 17.9 Å². The molecule has 2 aromatic rings. The van der Waals surface area contributed by atoms with Crippen LogP contribution in [0, 0.1) is 0 Å². The summed E-state index contributed by atoms with van der Waals surface area (Å²) in [7, 11) is 0. The minimum absolute atomic E-state index is 0.0317. The van der Waals surface area contributed by atoms with Crippen LogP contribution in [0.15, 0.2) is 42.5 Å². The van der Waals surface area contributed by atoms with Gasteiger partial charge in [0.1, 0.15) is 0 Å². The topological polar surface area (TPSA) is 57.6 Å². The van der Waals surface area contributed by atoms with Crippen molar-refractivity contribution in [2.45, 2.75) is 13.2 Å². The number of carbonyl (C=O) groups is 2. The van der Waals surface area contributed by atoms with Gasteiger partial charge >= 0.3 is 0 Å². The van der Waals surface area contributed by atoms with Crippen LogP contribution in [0.1, 0.15) is 21.5 Å². The Kier molecular flexibility index (Phi) is 3.49. The molecule has 0 spiro atoms. The van der Waals surface area contributed by atoms with Crippen molar-refractivity contribution in [1.29, 1.82) is 0 Å². The highest BCUT2D eigenvalue weighted by Gasteiger charge is 2.37. The first-order valence-electron chi connectivity index (χ1n) is 6.45. The van der Waals surface area contributed by atoms with Gasteiger partial charge in [0.2, 0.25) is 0 Å². The number of rotatable bonds is 3. The van der Waals surface area contributed by atoms with E-state index in [2.05, 4.69) is 0 Å². The molecule has 21 heavy (non-hydrogen) atoms. The largest absolute Gasteiger partial charge is 0.392 e. The number of aliphatic hydroxyl groups is 1. The molecule has 0 saturated carbocycles. The lowest BCUT2D eigenvalue weighted by Gasteiger charge is -2.17. The Morgan fingerprint density at radius 2 is 1.67 bits per heavy atom. The summed E-state index contributed by atoms with van der Waals surface area (Å²) in [6.45, 7) is 0.239. The smallest absolute Gasteiger partial charge is 0.299 e. The molecule has 0 aromatic heterocycles. The van der Waals surface area contributed by atoms with Crippen LogP contribution in [0.2, 0.25) is 5.02 Å². The SMILES string of the molecule is O=C1C(=O)N(Cc2ccc(CO)cc2)c2c(Cl)cccc21. The molecule has 1 aliphatic heterocycles. The van der Waals surface area contributed by atoms with E-state index in [0.29, 0.717) is 16.3 Å². The lowest BCUT2D eigenvalue weighted by molar-refractivity contribution is -0.114. The zero-order chi connectivity index (χ0) is 15.0. The zero-order valence-corrected chi connectivity index (χ0v) is 11.8. The Morgan fingerprint density at radius 1 is 1.00 bits per heavy atom. The van der Waals surface area contributed by atoms with Crippen LogP contribution in [0.3, 0.4) is 0 Å². The molecule has 1 heterocycles. The van der Waals surface area contributed by atoms with Crippen molar-refractivity contribution in [3.8, 4) is 0 Å². The summed E-state index contributed by atoms with van der Waals surface area (Å²) in [4.78, 5) is 25.5. The standard InChI is InChI=1S/C16H12ClNO3/c17-13-3-1-2-12-14(13)18(16(21)15(12)20)8-10-4-6-11(9-19)7-5-10/h1-7,19H,8-9H2. The predicted molar refractivity (Wildman–Crippen MR) is 79.3 cm³/mol. The van der Waals surface area contributed by atoms with Gasteiger partial charge in [-0.2, -0.15) is 0 Å². The quantitative estimate of drug-likeness (QED) is 0.887. The zero-order valence-electron chi connectivity index (χ0n) is 11.0. The van der Waals surface area contributed by atoms with Crippen molar-refractivity contribution < 1.29 is 14.7 Å². The van der Waals surface area contributed by atoms with Crippen LogP contribution < -0.4 is 4.90 Å². The number of fused-ring (bicyclic) bond motifs is 1. The first kappa shape index (κ1) is 13.8. The third-order valence-electron chi connectivity index (χ3n) is 3.49. The van der Waals surface area contributed by atoms with E-state index in [0.717, 1.165) is 11.1 Å². The van der Waals surface area contributed by atoms with Gasteiger partial charge in [-0.05, 0) is 23.3 Å². The van der Waals surface area contributed by atoms with Crippen molar-refractivity contribution in [1.82, 2.24) is 0 Å². The van der Waals surface area contributed by atoms with Crippen molar-refractivity contribution >= 4 is 29.0 Å². The van der Waals surface area contributed by atoms with Crippen molar-refractivity contribution in [3.63, 3.8) is 0 Å². The molecule has 5 heteroatoms. The molecule has 2 aromatic carbocycles. The summed E-state index contributed by atoms with van der Waals surface area (Å²) in [5.74, 6) is -1.09. The van der Waals surface area contributed by atoms with Gasteiger partial charge in [-0.15, -0.1) is 0 Å². The van der Waals surface area contributed by atoms with Gasteiger partial charge in [-0.1, -0.05) is 41.9 Å². The molecule has 1 aliphatic rings. The average molecular weight is 302 g/mol. The molecule has 1 N–H and O–H groups in total. The fraction of sp³-hybridized carbons (Fsp3) is 0.125. The van der Waals surface area contributed by atoms with E-state index < -0.39 is 11.7 Å². The second kappa shape index (κ2) is 5.31. The normalized spacial score (nSPS) is 13.7. The van der Waals surface area contributed by atoms with Crippen LogP contribution in [0.5, 0.6) is 0 Å². The van der Waals surface area contributed by atoms with Gasteiger partial charge in [-0.25, -0.2) is 0 Å². The molecule has 0 aliphatic carbocycles. The molecule has 0 fully saturated rings. The number of nitrogens with zero attached hydrogens (tertiary/aromatic N) is 1. The van der Waals surface area contributed by atoms with E-state index in [1.165, 1.54) is 4.90 Å². The lowest BCUT2D eigenvalue weighted by atomic mass is 10.1. The van der Waals surface area contributed by atoms with Crippen LogP contribution in [0.25, 0.3) is 0 Å². The Hall–Kier alpha value is -2.17. The number of hydrogen-bond acceptors (Lipinski definition) is 3. The molecule has 1 amide bonds. The minimum Gasteiger partial charge on any atom is -0.392 e. The van der Waals surface area contributed by atoms with E-state index in [9.17, 15) is 9.59 Å². The number of Topliss-reactive ketones (excluding diaryl/α,β-unsaturated/α-hetero) is 1. The highest BCUT2D eigenvalue weighted by Crippen LogP contribution is 2.36. The van der Waals surface area contributed by atoms with E-state index in [-0.39, 0.29) is 13.2 Å². The number of amides is 1. The summed E-state index contributed by atoms with van der Waals surface area (Å²) in [6.07, 6.45) is 0. The third kappa shape index (κ3) is 2.33. The Labute approximate surface area is 126 Å². The Balaban J connectivity index is 1.96. The molecular formula is C16H12ClNO3.